The summed E-state index contributed by atoms with van der Waals surface area (Å²) < 4.78 is 0. The normalized spacial score (nSPS) is 22.6. The van der Waals surface area contributed by atoms with Crippen LogP contribution in [0.2, 0.25) is 0 Å². The lowest BCUT2D eigenvalue weighted by Gasteiger charge is -2.29. The van der Waals surface area contributed by atoms with Gasteiger partial charge in [0, 0.05) is 35.5 Å². The lowest BCUT2D eigenvalue weighted by molar-refractivity contribution is -0.132. The van der Waals surface area contributed by atoms with Gasteiger partial charge in [0.25, 0.3) is 0 Å². The number of carboxylic acid groups (broad SMARTS) is 1. The molecule has 19 heavy (non-hydrogen) atoms. The van der Waals surface area contributed by atoms with Gasteiger partial charge >= 0.3 is 5.97 Å². The Kier molecular flexibility index (Phi) is 2.94. The summed E-state index contributed by atoms with van der Waals surface area (Å²) in [4.78, 5) is 27.7. The van der Waals surface area contributed by atoms with Crippen molar-refractivity contribution in [3.8, 4) is 0 Å². The minimum absolute atomic E-state index is 0.0285. The average Bonchev–Trinajstić information content (AvgIpc) is 2.91. The smallest absolute Gasteiger partial charge is 0.334 e. The van der Waals surface area contributed by atoms with E-state index < -0.39 is 11.9 Å². The second-order valence-corrected chi connectivity index (χ2v) is 5.45. The summed E-state index contributed by atoms with van der Waals surface area (Å²) in [5, 5.41) is 14.7. The first-order chi connectivity index (χ1) is 9.18. The third-order valence-corrected chi connectivity index (χ3v) is 4.24. The van der Waals surface area contributed by atoms with E-state index in [2.05, 4.69) is 10.3 Å². The number of hydrogen-bond acceptors (Lipinski definition) is 5. The number of dihydropyridines is 1. The molecule has 3 rings (SSSR count). The summed E-state index contributed by atoms with van der Waals surface area (Å²) in [7, 11) is 0. The van der Waals surface area contributed by atoms with Gasteiger partial charge in [-0.15, -0.1) is 11.3 Å². The number of Topliss-reactive ketones (excluding diaryl/α,β-unsaturated/α-hetero) is 1. The number of nitrogens with one attached hydrogen (secondary N) is 1. The standard InChI is InChI=1S/C13H12N2O3S/c16-9-3-1-2-8-11(9)10(12-14-4-5-19-12)7(6-15-8)13(17)18/h4-6,10,15H,1-3H2,(H,17,18). The highest BCUT2D eigenvalue weighted by Gasteiger charge is 2.37. The van der Waals surface area contributed by atoms with E-state index in [0.717, 1.165) is 18.5 Å². The highest BCUT2D eigenvalue weighted by molar-refractivity contribution is 7.09. The first kappa shape index (κ1) is 12.1. The highest BCUT2D eigenvalue weighted by atomic mass is 32.1. The topological polar surface area (TPSA) is 79.3 Å². The fraction of sp³-hybridized carbons (Fsp3) is 0.308. The number of ketones is 1. The molecule has 1 aromatic rings. The van der Waals surface area contributed by atoms with Gasteiger partial charge in [0.05, 0.1) is 11.5 Å². The van der Waals surface area contributed by atoms with Crippen LogP contribution in [0.25, 0.3) is 0 Å². The van der Waals surface area contributed by atoms with E-state index in [0.29, 0.717) is 17.0 Å². The Morgan fingerprint density at radius 2 is 2.32 bits per heavy atom. The molecule has 6 heteroatoms. The van der Waals surface area contributed by atoms with Gasteiger partial charge in [-0.25, -0.2) is 9.78 Å². The Hall–Kier alpha value is -1.95. The molecule has 2 N–H and O–H groups in total. The lowest BCUT2D eigenvalue weighted by atomic mass is 9.80. The fourth-order valence-corrected chi connectivity index (χ4v) is 3.33. The highest BCUT2D eigenvalue weighted by Crippen LogP contribution is 2.40. The van der Waals surface area contributed by atoms with E-state index in [4.69, 9.17) is 0 Å². The number of rotatable bonds is 2. The van der Waals surface area contributed by atoms with Crippen LogP contribution in [0, 0.1) is 0 Å². The van der Waals surface area contributed by atoms with E-state index in [1.807, 2.05) is 0 Å². The minimum Gasteiger partial charge on any atom is -0.478 e. The van der Waals surface area contributed by atoms with E-state index in [9.17, 15) is 14.7 Å². The zero-order chi connectivity index (χ0) is 13.4. The van der Waals surface area contributed by atoms with Gasteiger partial charge < -0.3 is 10.4 Å². The molecule has 98 valence electrons. The van der Waals surface area contributed by atoms with Gasteiger partial charge in [0.15, 0.2) is 5.78 Å². The van der Waals surface area contributed by atoms with Crippen LogP contribution < -0.4 is 5.32 Å². The van der Waals surface area contributed by atoms with E-state index in [1.54, 1.807) is 11.6 Å². The molecule has 0 spiro atoms. The van der Waals surface area contributed by atoms with Crippen molar-refractivity contribution < 1.29 is 14.7 Å². The zero-order valence-corrected chi connectivity index (χ0v) is 10.9. The number of allylic oxidation sites excluding steroid dienone is 2. The number of carbonyl (C=O) groups is 2. The molecule has 0 aromatic carbocycles. The zero-order valence-electron chi connectivity index (χ0n) is 10.0. The predicted octanol–water partition coefficient (Wildman–Crippen LogP) is 1.81. The van der Waals surface area contributed by atoms with E-state index in [1.165, 1.54) is 17.5 Å². The van der Waals surface area contributed by atoms with Crippen LogP contribution in [0.3, 0.4) is 0 Å². The molecular weight excluding hydrogens is 264 g/mol. The molecule has 5 nitrogen and oxygen atoms in total. The molecule has 1 aliphatic heterocycles. The first-order valence-corrected chi connectivity index (χ1v) is 6.92. The van der Waals surface area contributed by atoms with Crippen molar-refractivity contribution in [3.63, 3.8) is 0 Å². The van der Waals surface area contributed by atoms with Crippen LogP contribution in [0.1, 0.15) is 30.2 Å². The van der Waals surface area contributed by atoms with E-state index >= 15 is 0 Å². The lowest BCUT2D eigenvalue weighted by Crippen LogP contribution is -2.31. The number of hydrogen-bond donors (Lipinski definition) is 2. The van der Waals surface area contributed by atoms with Crippen molar-refractivity contribution in [2.75, 3.05) is 0 Å². The molecule has 0 saturated carbocycles. The molecule has 0 saturated heterocycles. The SMILES string of the molecule is O=C(O)C1=CNC2=C(C(=O)CCC2)C1c1nccs1. The maximum absolute atomic E-state index is 12.2. The number of carbonyl (C=O) groups excluding carboxylic acids is 1. The van der Waals surface area contributed by atoms with Gasteiger partial charge in [-0.1, -0.05) is 0 Å². The van der Waals surface area contributed by atoms with Gasteiger partial charge in [-0.05, 0) is 12.8 Å². The summed E-state index contributed by atoms with van der Waals surface area (Å²) in [6.07, 6.45) is 5.20. The first-order valence-electron chi connectivity index (χ1n) is 6.04. The second-order valence-electron chi connectivity index (χ2n) is 4.52. The predicted molar refractivity (Wildman–Crippen MR) is 69.6 cm³/mol. The van der Waals surface area contributed by atoms with Crippen LogP contribution in [0.5, 0.6) is 0 Å². The van der Waals surface area contributed by atoms with Gasteiger partial charge in [0.1, 0.15) is 5.01 Å². The molecule has 0 radical (unpaired) electrons. The van der Waals surface area contributed by atoms with Crippen LogP contribution in [-0.2, 0) is 9.59 Å². The summed E-state index contributed by atoms with van der Waals surface area (Å²) in [5.41, 5.74) is 1.62. The maximum atomic E-state index is 12.2. The molecule has 2 heterocycles. The molecule has 1 aromatic heterocycles. The number of carboxylic acids is 1. The van der Waals surface area contributed by atoms with Crippen molar-refractivity contribution in [1.82, 2.24) is 10.3 Å². The largest absolute Gasteiger partial charge is 0.478 e. The fourth-order valence-electron chi connectivity index (χ4n) is 2.57. The van der Waals surface area contributed by atoms with Gasteiger partial charge in [-0.3, -0.25) is 4.79 Å². The molecule has 1 unspecified atom stereocenters. The molecule has 0 fully saturated rings. The Bertz CT molecular complexity index is 601. The average molecular weight is 276 g/mol. The Labute approximate surface area is 113 Å². The monoisotopic (exact) mass is 276 g/mol. The van der Waals surface area contributed by atoms with Crippen molar-refractivity contribution in [1.29, 1.82) is 0 Å². The quantitative estimate of drug-likeness (QED) is 0.861. The number of aliphatic carboxylic acids is 1. The molecule has 0 amide bonds. The molecule has 0 bridgehead atoms. The third-order valence-electron chi connectivity index (χ3n) is 3.40. The summed E-state index contributed by atoms with van der Waals surface area (Å²) in [5.74, 6) is -1.51. The van der Waals surface area contributed by atoms with Crippen LogP contribution in [-0.4, -0.2) is 21.8 Å². The van der Waals surface area contributed by atoms with Gasteiger partial charge in [-0.2, -0.15) is 0 Å². The van der Waals surface area contributed by atoms with E-state index in [-0.39, 0.29) is 11.4 Å². The number of thiazole rings is 1. The van der Waals surface area contributed by atoms with Crippen molar-refractivity contribution in [2.45, 2.75) is 25.2 Å². The van der Waals surface area contributed by atoms with Crippen molar-refractivity contribution in [3.05, 3.63) is 39.6 Å². The molecule has 2 aliphatic rings. The maximum Gasteiger partial charge on any atom is 0.334 e. The van der Waals surface area contributed by atoms with Crippen LogP contribution in [0.4, 0.5) is 0 Å². The summed E-state index contributed by atoms with van der Waals surface area (Å²) in [6, 6.07) is 0. The Morgan fingerprint density at radius 3 is 3.00 bits per heavy atom. The van der Waals surface area contributed by atoms with Crippen molar-refractivity contribution >= 4 is 23.1 Å². The van der Waals surface area contributed by atoms with Crippen LogP contribution >= 0.6 is 11.3 Å². The molecule has 1 aliphatic carbocycles. The molecule has 1 atom stereocenters. The number of nitrogens with zero attached hydrogens (tertiary/aromatic N) is 1. The minimum atomic E-state index is -1.02. The Morgan fingerprint density at radius 1 is 1.47 bits per heavy atom. The third kappa shape index (κ3) is 1.98. The summed E-state index contributed by atoms with van der Waals surface area (Å²) >= 11 is 1.38. The van der Waals surface area contributed by atoms with Crippen molar-refractivity contribution in [2.24, 2.45) is 0 Å². The Balaban J connectivity index is 2.13. The van der Waals surface area contributed by atoms with Crippen LogP contribution in [0.15, 0.2) is 34.6 Å². The number of aromatic nitrogens is 1. The van der Waals surface area contributed by atoms with Gasteiger partial charge in [0.2, 0.25) is 0 Å². The summed E-state index contributed by atoms with van der Waals surface area (Å²) in [6.45, 7) is 0. The second kappa shape index (κ2) is 4.62. The molecular formula is C13H12N2O3S.